The minimum absolute atomic E-state index is 0.409. The van der Waals surface area contributed by atoms with Crippen LogP contribution in [0.1, 0.15) is 6.92 Å². The molecule has 0 amide bonds. The highest BCUT2D eigenvalue weighted by Gasteiger charge is 2.21. The molecule has 0 bridgehead atoms. The number of fused-ring (bicyclic) bond motifs is 1. The monoisotopic (exact) mass is 180 g/mol. The van der Waals surface area contributed by atoms with E-state index < -0.39 is 5.97 Å². The van der Waals surface area contributed by atoms with Crippen molar-refractivity contribution in [1.29, 1.82) is 0 Å². The van der Waals surface area contributed by atoms with Crippen LogP contribution in [0, 0.1) is 0 Å². The number of hydrogen-bond donors (Lipinski definition) is 2. The molecule has 1 aromatic rings. The molecule has 13 heavy (non-hydrogen) atoms. The summed E-state index contributed by atoms with van der Waals surface area (Å²) in [5.74, 6) is 0.130. The average molecular weight is 180 g/mol. The van der Waals surface area contributed by atoms with Crippen LogP contribution in [0.25, 0.3) is 0 Å². The normalized spacial score (nSPS) is 13.5. The van der Waals surface area contributed by atoms with E-state index in [0.717, 1.165) is 5.69 Å². The zero-order chi connectivity index (χ0) is 9.26. The molecule has 68 valence electrons. The van der Waals surface area contributed by atoms with Gasteiger partial charge in [0.15, 0.2) is 0 Å². The van der Waals surface area contributed by atoms with Crippen LogP contribution in [-0.4, -0.2) is 11.0 Å². The van der Waals surface area contributed by atoms with Gasteiger partial charge in [-0.15, -0.1) is 5.53 Å². The summed E-state index contributed by atoms with van der Waals surface area (Å²) in [6.07, 6.45) is 1.62. The lowest BCUT2D eigenvalue weighted by atomic mass is 10.4. The quantitative estimate of drug-likeness (QED) is 0.644. The molecule has 0 saturated carbocycles. The van der Waals surface area contributed by atoms with Crippen LogP contribution >= 0.6 is 0 Å². The van der Waals surface area contributed by atoms with Gasteiger partial charge in [-0.2, -0.15) is 0 Å². The number of rotatable bonds is 1. The molecule has 1 aromatic heterocycles. The summed E-state index contributed by atoms with van der Waals surface area (Å²) in [6, 6.07) is 3.60. The maximum Gasteiger partial charge on any atom is 0.331 e. The number of carbonyl (C=O) groups excluding carboxylic acids is 1. The Bertz CT molecular complexity index is 341. The summed E-state index contributed by atoms with van der Waals surface area (Å²) < 4.78 is 0. The standard InChI is InChI=1S/C7H8N4O2/c1-5(12)13-11-7-6(9-10-11)3-2-4-8-7/h2-4,9-10H,1H3. The lowest BCUT2D eigenvalue weighted by Crippen LogP contribution is -2.37. The summed E-state index contributed by atoms with van der Waals surface area (Å²) in [5, 5.41) is 1.18. The van der Waals surface area contributed by atoms with Crippen LogP contribution in [0.4, 0.5) is 11.5 Å². The van der Waals surface area contributed by atoms with Crippen molar-refractivity contribution in [2.45, 2.75) is 6.92 Å². The van der Waals surface area contributed by atoms with Gasteiger partial charge < -0.3 is 4.84 Å². The van der Waals surface area contributed by atoms with Crippen molar-refractivity contribution in [3.63, 3.8) is 0 Å². The maximum absolute atomic E-state index is 10.7. The summed E-state index contributed by atoms with van der Waals surface area (Å²) in [4.78, 5) is 19.5. The summed E-state index contributed by atoms with van der Waals surface area (Å²) in [7, 11) is 0. The van der Waals surface area contributed by atoms with Crippen LogP contribution in [0.2, 0.25) is 0 Å². The fraction of sp³-hybridized carbons (Fsp3) is 0.143. The Kier molecular flexibility index (Phi) is 1.75. The van der Waals surface area contributed by atoms with E-state index in [1.54, 1.807) is 12.3 Å². The third kappa shape index (κ3) is 1.38. The lowest BCUT2D eigenvalue weighted by Gasteiger charge is -2.13. The van der Waals surface area contributed by atoms with Gasteiger partial charge in [0, 0.05) is 13.1 Å². The Morgan fingerprint density at radius 3 is 3.31 bits per heavy atom. The summed E-state index contributed by atoms with van der Waals surface area (Å²) >= 11 is 0. The van der Waals surface area contributed by atoms with Crippen molar-refractivity contribution >= 4 is 17.5 Å². The first-order valence-corrected chi connectivity index (χ1v) is 3.73. The number of nitrogens with zero attached hydrogens (tertiary/aromatic N) is 2. The molecule has 0 radical (unpaired) electrons. The minimum Gasteiger partial charge on any atom is -0.322 e. The van der Waals surface area contributed by atoms with E-state index in [1.165, 1.54) is 12.1 Å². The summed E-state index contributed by atoms with van der Waals surface area (Å²) in [5.41, 5.74) is 6.19. The number of hydrazine groups is 2. The third-order valence-electron chi connectivity index (χ3n) is 1.49. The van der Waals surface area contributed by atoms with Crippen molar-refractivity contribution in [2.75, 3.05) is 10.6 Å². The first kappa shape index (κ1) is 7.81. The lowest BCUT2D eigenvalue weighted by molar-refractivity contribution is -0.143. The van der Waals surface area contributed by atoms with Gasteiger partial charge in [0.05, 0.1) is 5.69 Å². The predicted molar refractivity (Wildman–Crippen MR) is 45.2 cm³/mol. The molecule has 2 heterocycles. The molecule has 0 aliphatic carbocycles. The largest absolute Gasteiger partial charge is 0.331 e. The van der Waals surface area contributed by atoms with E-state index in [2.05, 4.69) is 15.9 Å². The molecule has 1 aliphatic heterocycles. The first-order valence-electron chi connectivity index (χ1n) is 3.73. The third-order valence-corrected chi connectivity index (χ3v) is 1.49. The molecule has 6 nitrogen and oxygen atoms in total. The van der Waals surface area contributed by atoms with E-state index in [1.807, 2.05) is 6.07 Å². The molecule has 0 saturated heterocycles. The SMILES string of the molecule is CC(=O)ON1NNc2cccnc21. The van der Waals surface area contributed by atoms with E-state index in [-0.39, 0.29) is 0 Å². The molecule has 2 rings (SSSR count). The van der Waals surface area contributed by atoms with Crippen molar-refractivity contribution in [3.8, 4) is 0 Å². The van der Waals surface area contributed by atoms with E-state index in [4.69, 9.17) is 4.84 Å². The predicted octanol–water partition coefficient (Wildman–Crippen LogP) is 0.211. The fourth-order valence-electron chi connectivity index (χ4n) is 1.01. The molecule has 6 heteroatoms. The maximum atomic E-state index is 10.7. The molecule has 0 atom stereocenters. The zero-order valence-electron chi connectivity index (χ0n) is 6.94. The van der Waals surface area contributed by atoms with Gasteiger partial charge in [-0.1, -0.05) is 5.17 Å². The van der Waals surface area contributed by atoms with Gasteiger partial charge in [-0.3, -0.25) is 5.43 Å². The Hall–Kier alpha value is -1.82. The van der Waals surface area contributed by atoms with E-state index in [0.29, 0.717) is 5.82 Å². The second-order valence-corrected chi connectivity index (χ2v) is 2.49. The minimum atomic E-state index is -0.409. The molecule has 2 N–H and O–H groups in total. The van der Waals surface area contributed by atoms with Gasteiger partial charge in [0.2, 0.25) is 5.82 Å². The zero-order valence-corrected chi connectivity index (χ0v) is 6.94. The van der Waals surface area contributed by atoms with E-state index >= 15 is 0 Å². The molecular weight excluding hydrogens is 172 g/mol. The van der Waals surface area contributed by atoms with Crippen LogP contribution in [0.3, 0.4) is 0 Å². The highest BCUT2D eigenvalue weighted by Crippen LogP contribution is 2.24. The molecule has 0 aromatic carbocycles. The highest BCUT2D eigenvalue weighted by molar-refractivity contribution is 5.72. The Labute approximate surface area is 74.4 Å². The van der Waals surface area contributed by atoms with Crippen LogP contribution in [0.5, 0.6) is 0 Å². The van der Waals surface area contributed by atoms with Gasteiger partial charge in [-0.05, 0) is 12.1 Å². The average Bonchev–Trinajstić information content (AvgIpc) is 2.48. The van der Waals surface area contributed by atoms with Crippen molar-refractivity contribution in [2.24, 2.45) is 0 Å². The Balaban J connectivity index is 2.23. The number of carbonyl (C=O) groups is 1. The van der Waals surface area contributed by atoms with Crippen molar-refractivity contribution in [1.82, 2.24) is 10.5 Å². The van der Waals surface area contributed by atoms with Crippen LogP contribution in [-0.2, 0) is 9.63 Å². The fourth-order valence-corrected chi connectivity index (χ4v) is 1.01. The second kappa shape index (κ2) is 2.91. The number of aromatic nitrogens is 1. The van der Waals surface area contributed by atoms with Gasteiger partial charge in [0.1, 0.15) is 0 Å². The smallest absolute Gasteiger partial charge is 0.322 e. The van der Waals surface area contributed by atoms with Gasteiger partial charge in [-0.25, -0.2) is 9.78 Å². The number of anilines is 2. The first-order chi connectivity index (χ1) is 6.27. The molecule has 1 aliphatic rings. The van der Waals surface area contributed by atoms with Gasteiger partial charge in [0.25, 0.3) is 0 Å². The number of pyridine rings is 1. The Morgan fingerprint density at radius 1 is 1.69 bits per heavy atom. The van der Waals surface area contributed by atoms with E-state index in [9.17, 15) is 4.79 Å². The summed E-state index contributed by atoms with van der Waals surface area (Å²) in [6.45, 7) is 1.32. The number of hydrogen-bond acceptors (Lipinski definition) is 6. The molecule has 0 unspecified atom stereocenters. The Morgan fingerprint density at radius 2 is 2.54 bits per heavy atom. The van der Waals surface area contributed by atoms with Crippen LogP contribution < -0.4 is 16.1 Å². The molecule has 0 spiro atoms. The second-order valence-electron chi connectivity index (χ2n) is 2.49. The molecular formula is C7H8N4O2. The molecule has 0 fully saturated rings. The number of nitrogens with one attached hydrogen (secondary N) is 2. The van der Waals surface area contributed by atoms with Crippen molar-refractivity contribution < 1.29 is 9.63 Å². The highest BCUT2D eigenvalue weighted by atomic mass is 16.7. The van der Waals surface area contributed by atoms with Gasteiger partial charge >= 0.3 is 5.97 Å². The van der Waals surface area contributed by atoms with Crippen LogP contribution in [0.15, 0.2) is 18.3 Å². The topological polar surface area (TPSA) is 66.5 Å². The van der Waals surface area contributed by atoms with Crippen molar-refractivity contribution in [3.05, 3.63) is 18.3 Å².